The summed E-state index contributed by atoms with van der Waals surface area (Å²) >= 11 is 0. The average molecular weight is 569 g/mol. The number of carboxylic acid groups (broad SMARTS) is 1. The van der Waals surface area contributed by atoms with Gasteiger partial charge in [0.15, 0.2) is 0 Å². The molecule has 1 aliphatic heterocycles. The van der Waals surface area contributed by atoms with Gasteiger partial charge in [0.1, 0.15) is 33.8 Å². The Bertz CT molecular complexity index is 1450. The van der Waals surface area contributed by atoms with Crippen LogP contribution in [0.5, 0.6) is 5.75 Å². The smallest absolute Gasteiger partial charge is 0.290 e. The van der Waals surface area contributed by atoms with E-state index in [2.05, 4.69) is 24.0 Å². The molecule has 40 heavy (non-hydrogen) atoms. The second-order valence-corrected chi connectivity index (χ2v) is 13.2. The number of carbonyl (C=O) groups is 1. The number of rotatable bonds is 7. The Balaban J connectivity index is 0.00000118. The van der Waals surface area contributed by atoms with E-state index in [1.807, 2.05) is 31.2 Å². The van der Waals surface area contributed by atoms with Gasteiger partial charge in [0.25, 0.3) is 6.47 Å². The van der Waals surface area contributed by atoms with Gasteiger partial charge < -0.3 is 14.7 Å². The van der Waals surface area contributed by atoms with E-state index < -0.39 is 9.84 Å². The Kier molecular flexibility index (Phi) is 9.45. The molecule has 214 valence electrons. The number of halogens is 1. The molecule has 1 unspecified atom stereocenters. The molecule has 1 N–H and O–H groups in total. The molecule has 1 aliphatic carbocycles. The monoisotopic (exact) mass is 568 g/mol. The first-order valence-corrected chi connectivity index (χ1v) is 15.6. The van der Waals surface area contributed by atoms with Gasteiger partial charge in [-0.2, -0.15) is 0 Å². The molecule has 2 aromatic carbocycles. The van der Waals surface area contributed by atoms with Crippen LogP contribution in [-0.2, 0) is 34.1 Å². The summed E-state index contributed by atoms with van der Waals surface area (Å²) in [5.74, 6) is 2.53. The SMILES string of the molecule is Cc1nc(N2CCC(CS(C)(=O)=O)CC2)ccc1-c1ccc(F)c(COc2ccc3c(c2)CC(C)C3)c1.O=CO. The summed E-state index contributed by atoms with van der Waals surface area (Å²) in [5, 5.41) is 6.89. The molecule has 5 rings (SSSR count). The lowest BCUT2D eigenvalue weighted by atomic mass is 9.98. The van der Waals surface area contributed by atoms with Crippen molar-refractivity contribution in [3.8, 4) is 16.9 Å². The molecule has 0 bridgehead atoms. The summed E-state index contributed by atoms with van der Waals surface area (Å²) in [6, 6.07) is 15.4. The quantitative estimate of drug-likeness (QED) is 0.378. The van der Waals surface area contributed by atoms with Crippen molar-refractivity contribution in [2.45, 2.75) is 46.1 Å². The molecule has 1 aromatic heterocycles. The molecule has 3 aromatic rings. The lowest BCUT2D eigenvalue weighted by Gasteiger charge is -2.32. The topological polar surface area (TPSA) is 96.8 Å². The normalized spacial score (nSPS) is 17.1. The lowest BCUT2D eigenvalue weighted by molar-refractivity contribution is -0.122. The highest BCUT2D eigenvalue weighted by atomic mass is 32.2. The Hall–Kier alpha value is -3.46. The van der Waals surface area contributed by atoms with Gasteiger partial charge in [0.2, 0.25) is 0 Å². The highest BCUT2D eigenvalue weighted by Gasteiger charge is 2.24. The van der Waals surface area contributed by atoms with E-state index in [1.165, 1.54) is 23.4 Å². The summed E-state index contributed by atoms with van der Waals surface area (Å²) in [6.07, 6.45) is 5.18. The minimum atomic E-state index is -2.95. The second-order valence-electron chi connectivity index (χ2n) is 11.0. The zero-order valence-electron chi connectivity index (χ0n) is 23.3. The third-order valence-corrected chi connectivity index (χ3v) is 8.69. The predicted octanol–water partition coefficient (Wildman–Crippen LogP) is 5.47. The van der Waals surface area contributed by atoms with Gasteiger partial charge in [-0.1, -0.05) is 19.1 Å². The Labute approximate surface area is 235 Å². The fraction of sp³-hybridized carbons (Fsp3) is 0.419. The van der Waals surface area contributed by atoms with Crippen LogP contribution in [0.1, 0.15) is 42.1 Å². The fourth-order valence-electron chi connectivity index (χ4n) is 5.70. The van der Waals surface area contributed by atoms with E-state index in [9.17, 15) is 12.8 Å². The molecule has 0 spiro atoms. The fourth-order valence-corrected chi connectivity index (χ4v) is 6.89. The summed E-state index contributed by atoms with van der Waals surface area (Å²) in [6.45, 7) is 5.74. The number of sulfone groups is 1. The minimum absolute atomic E-state index is 0.168. The van der Waals surface area contributed by atoms with Crippen LogP contribution in [-0.4, -0.2) is 50.1 Å². The van der Waals surface area contributed by atoms with Crippen molar-refractivity contribution in [2.75, 3.05) is 30.0 Å². The van der Waals surface area contributed by atoms with Crippen LogP contribution < -0.4 is 9.64 Å². The lowest BCUT2D eigenvalue weighted by Crippen LogP contribution is -2.36. The highest BCUT2D eigenvalue weighted by Crippen LogP contribution is 2.31. The first-order chi connectivity index (χ1) is 19.1. The van der Waals surface area contributed by atoms with Crippen molar-refractivity contribution >= 4 is 22.1 Å². The van der Waals surface area contributed by atoms with Crippen molar-refractivity contribution in [3.63, 3.8) is 0 Å². The van der Waals surface area contributed by atoms with Crippen molar-refractivity contribution in [1.82, 2.24) is 4.98 Å². The molecule has 2 aliphatic rings. The number of hydrogen-bond donors (Lipinski definition) is 1. The van der Waals surface area contributed by atoms with Crippen LogP contribution >= 0.6 is 0 Å². The molecular weight excluding hydrogens is 531 g/mol. The number of piperidine rings is 1. The van der Waals surface area contributed by atoms with Crippen LogP contribution in [0.25, 0.3) is 11.1 Å². The Morgan fingerprint density at radius 2 is 1.77 bits per heavy atom. The Morgan fingerprint density at radius 3 is 2.45 bits per heavy atom. The summed E-state index contributed by atoms with van der Waals surface area (Å²) in [4.78, 5) is 15.4. The molecule has 9 heteroatoms. The van der Waals surface area contributed by atoms with Crippen LogP contribution in [0, 0.1) is 24.6 Å². The molecule has 1 atom stereocenters. The second kappa shape index (κ2) is 12.8. The summed E-state index contributed by atoms with van der Waals surface area (Å²) in [5.41, 5.74) is 5.98. The molecule has 0 amide bonds. The third kappa shape index (κ3) is 7.59. The zero-order chi connectivity index (χ0) is 28.9. The number of anilines is 1. The maximum atomic E-state index is 14.7. The van der Waals surface area contributed by atoms with Crippen molar-refractivity contribution in [1.29, 1.82) is 0 Å². The summed E-state index contributed by atoms with van der Waals surface area (Å²) < 4.78 is 43.9. The number of aromatic nitrogens is 1. The Morgan fingerprint density at radius 1 is 1.07 bits per heavy atom. The van der Waals surface area contributed by atoms with E-state index in [0.29, 0.717) is 11.5 Å². The number of nitrogens with zero attached hydrogens (tertiary/aromatic N) is 2. The first-order valence-electron chi connectivity index (χ1n) is 13.6. The number of benzene rings is 2. The average Bonchev–Trinajstić information content (AvgIpc) is 3.27. The van der Waals surface area contributed by atoms with E-state index in [0.717, 1.165) is 67.2 Å². The van der Waals surface area contributed by atoms with Gasteiger partial charge in [-0.25, -0.2) is 17.8 Å². The number of hydrogen-bond acceptors (Lipinski definition) is 6. The number of fused-ring (bicyclic) bond motifs is 1. The largest absolute Gasteiger partial charge is 0.489 e. The molecule has 2 heterocycles. The van der Waals surface area contributed by atoms with Gasteiger partial charge in [-0.15, -0.1) is 0 Å². The van der Waals surface area contributed by atoms with E-state index >= 15 is 0 Å². The van der Waals surface area contributed by atoms with Gasteiger partial charge in [0, 0.05) is 36.2 Å². The van der Waals surface area contributed by atoms with Gasteiger partial charge in [0.05, 0.1) is 5.75 Å². The number of ether oxygens (including phenoxy) is 1. The van der Waals surface area contributed by atoms with Crippen LogP contribution in [0.4, 0.5) is 10.2 Å². The standard InChI is InChI=1S/C30H35FN2O3S.CH2O2/c1-20-14-23-4-6-27(17-25(23)15-20)36-18-26-16-24(5-8-29(26)31)28-7-9-30(32-21(28)2)33-12-10-22(11-13-33)19-37(3,34)35;2-1-3/h4-9,16-17,20,22H,10-15,18-19H2,1-3H3;1H,(H,2,3). The van der Waals surface area contributed by atoms with Gasteiger partial charge >= 0.3 is 0 Å². The third-order valence-electron chi connectivity index (χ3n) is 7.61. The van der Waals surface area contributed by atoms with E-state index in [-0.39, 0.29) is 30.6 Å². The number of pyridine rings is 1. The van der Waals surface area contributed by atoms with Crippen molar-refractivity contribution < 1.29 is 27.4 Å². The zero-order valence-corrected chi connectivity index (χ0v) is 24.1. The molecule has 1 fully saturated rings. The molecule has 1 saturated heterocycles. The first kappa shape index (κ1) is 29.5. The maximum Gasteiger partial charge on any atom is 0.290 e. The summed E-state index contributed by atoms with van der Waals surface area (Å²) in [7, 11) is -2.95. The van der Waals surface area contributed by atoms with Crippen molar-refractivity contribution in [2.24, 2.45) is 11.8 Å². The van der Waals surface area contributed by atoms with Crippen molar-refractivity contribution in [3.05, 3.63) is 76.7 Å². The molecule has 0 radical (unpaired) electrons. The van der Waals surface area contributed by atoms with Crippen LogP contribution in [0.2, 0.25) is 0 Å². The maximum absolute atomic E-state index is 14.7. The van der Waals surface area contributed by atoms with E-state index in [1.54, 1.807) is 6.07 Å². The highest BCUT2D eigenvalue weighted by molar-refractivity contribution is 7.90. The molecular formula is C31H37FN2O5S. The predicted molar refractivity (Wildman–Crippen MR) is 155 cm³/mol. The van der Waals surface area contributed by atoms with Gasteiger partial charge in [-0.3, -0.25) is 4.79 Å². The van der Waals surface area contributed by atoms with Crippen LogP contribution in [0.3, 0.4) is 0 Å². The van der Waals surface area contributed by atoms with Gasteiger partial charge in [-0.05, 0) is 97.5 Å². The number of aryl methyl sites for hydroxylation is 1. The van der Waals surface area contributed by atoms with E-state index in [4.69, 9.17) is 19.6 Å². The molecule has 0 saturated carbocycles. The van der Waals surface area contributed by atoms with Crippen LogP contribution in [0.15, 0.2) is 48.5 Å². The molecule has 7 nitrogen and oxygen atoms in total. The minimum Gasteiger partial charge on any atom is -0.489 e.